The lowest BCUT2D eigenvalue weighted by molar-refractivity contribution is 0.197. The minimum Gasteiger partial charge on any atom is -0.298 e. The molecule has 2 aromatic heterocycles. The van der Waals surface area contributed by atoms with Crippen LogP contribution in [0.4, 0.5) is 0 Å². The quantitative estimate of drug-likeness (QED) is 0.871. The molecule has 1 atom stereocenters. The van der Waals surface area contributed by atoms with Gasteiger partial charge in [-0.05, 0) is 40.2 Å². The van der Waals surface area contributed by atoms with Crippen molar-refractivity contribution in [2.75, 3.05) is 13.1 Å². The zero-order chi connectivity index (χ0) is 15.5. The Bertz CT molecular complexity index is 619. The minimum absolute atomic E-state index is 0.504. The van der Waals surface area contributed by atoms with Crippen LogP contribution in [0.2, 0.25) is 0 Å². The number of hydrogen-bond donors (Lipinski definition) is 0. The second-order valence-electron chi connectivity index (χ2n) is 6.17. The highest BCUT2D eigenvalue weighted by atomic mass is 15.3. The van der Waals surface area contributed by atoms with E-state index >= 15 is 0 Å². The Kier molecular flexibility index (Phi) is 4.52. The lowest BCUT2D eigenvalue weighted by atomic mass is 9.94. The molecule has 0 aromatic carbocycles. The van der Waals surface area contributed by atoms with Crippen molar-refractivity contribution in [3.8, 4) is 0 Å². The number of likely N-dealkylation sites (tertiary alicyclic amines) is 1. The fourth-order valence-electron chi connectivity index (χ4n) is 3.46. The fourth-order valence-corrected chi connectivity index (χ4v) is 3.46. The first-order valence-electron chi connectivity index (χ1n) is 8.20. The summed E-state index contributed by atoms with van der Waals surface area (Å²) in [4.78, 5) is 11.2. The summed E-state index contributed by atoms with van der Waals surface area (Å²) in [6.07, 6.45) is 7.90. The molecule has 3 rings (SSSR count). The van der Waals surface area contributed by atoms with E-state index in [1.54, 1.807) is 12.4 Å². The molecule has 0 amide bonds. The normalized spacial score (nSPS) is 19.5. The standard InChI is InChI=1S/C17H25N5/c1-4-22-14(3)16(13(2)20-22)12-21-9-5-6-15(11-21)17-10-18-7-8-19-17/h7-8,10,15H,4-6,9,11-12H2,1-3H3/t15-/m1/s1. The van der Waals surface area contributed by atoms with Crippen LogP contribution < -0.4 is 0 Å². The number of piperidine rings is 1. The second-order valence-corrected chi connectivity index (χ2v) is 6.17. The Labute approximate surface area is 132 Å². The molecule has 1 saturated heterocycles. The molecule has 1 fully saturated rings. The van der Waals surface area contributed by atoms with Crippen LogP contribution in [-0.2, 0) is 13.1 Å². The first-order valence-corrected chi connectivity index (χ1v) is 8.20. The molecule has 2 aromatic rings. The van der Waals surface area contributed by atoms with Gasteiger partial charge in [-0.3, -0.25) is 19.5 Å². The van der Waals surface area contributed by atoms with Gasteiger partial charge in [0.05, 0.1) is 11.4 Å². The van der Waals surface area contributed by atoms with Gasteiger partial charge >= 0.3 is 0 Å². The molecule has 0 radical (unpaired) electrons. The maximum Gasteiger partial charge on any atom is 0.0641 e. The molecule has 3 heterocycles. The zero-order valence-corrected chi connectivity index (χ0v) is 13.8. The Morgan fingerprint density at radius 2 is 2.14 bits per heavy atom. The van der Waals surface area contributed by atoms with Crippen LogP contribution in [0.5, 0.6) is 0 Å². The molecule has 1 aliphatic rings. The Balaban J connectivity index is 1.72. The van der Waals surface area contributed by atoms with Crippen LogP contribution >= 0.6 is 0 Å². The van der Waals surface area contributed by atoms with E-state index in [9.17, 15) is 0 Å². The maximum atomic E-state index is 4.64. The molecule has 5 nitrogen and oxygen atoms in total. The van der Waals surface area contributed by atoms with Crippen LogP contribution in [0, 0.1) is 13.8 Å². The lowest BCUT2D eigenvalue weighted by Gasteiger charge is -2.32. The van der Waals surface area contributed by atoms with Gasteiger partial charge in [-0.1, -0.05) is 0 Å². The van der Waals surface area contributed by atoms with Crippen molar-refractivity contribution >= 4 is 0 Å². The van der Waals surface area contributed by atoms with Crippen LogP contribution in [0.3, 0.4) is 0 Å². The molecule has 0 aliphatic carbocycles. The number of rotatable bonds is 4. The molecule has 0 N–H and O–H groups in total. The Hall–Kier alpha value is -1.75. The van der Waals surface area contributed by atoms with Crippen molar-refractivity contribution in [3.63, 3.8) is 0 Å². The topological polar surface area (TPSA) is 46.8 Å². The monoisotopic (exact) mass is 299 g/mol. The van der Waals surface area contributed by atoms with Gasteiger partial charge in [0, 0.05) is 55.4 Å². The zero-order valence-electron chi connectivity index (χ0n) is 13.8. The third kappa shape index (κ3) is 3.04. The molecular formula is C17H25N5. The molecule has 1 aliphatic heterocycles. The summed E-state index contributed by atoms with van der Waals surface area (Å²) in [5.74, 6) is 0.504. The predicted octanol–water partition coefficient (Wildman–Crippen LogP) is 2.69. The van der Waals surface area contributed by atoms with E-state index in [4.69, 9.17) is 0 Å². The molecule has 118 valence electrons. The van der Waals surface area contributed by atoms with Crippen LogP contribution in [0.15, 0.2) is 18.6 Å². The van der Waals surface area contributed by atoms with Gasteiger partial charge in [-0.15, -0.1) is 0 Å². The molecule has 0 spiro atoms. The van der Waals surface area contributed by atoms with Gasteiger partial charge in [0.1, 0.15) is 0 Å². The van der Waals surface area contributed by atoms with Crippen LogP contribution in [-0.4, -0.2) is 37.7 Å². The van der Waals surface area contributed by atoms with Crippen molar-refractivity contribution < 1.29 is 0 Å². The summed E-state index contributed by atoms with van der Waals surface area (Å²) in [5, 5.41) is 4.64. The summed E-state index contributed by atoms with van der Waals surface area (Å²) in [6, 6.07) is 0. The number of nitrogens with zero attached hydrogens (tertiary/aromatic N) is 5. The van der Waals surface area contributed by atoms with Crippen molar-refractivity contribution in [1.29, 1.82) is 0 Å². The van der Waals surface area contributed by atoms with Gasteiger partial charge in [-0.25, -0.2) is 0 Å². The average molecular weight is 299 g/mol. The third-order valence-corrected chi connectivity index (χ3v) is 4.72. The van der Waals surface area contributed by atoms with Gasteiger partial charge < -0.3 is 0 Å². The van der Waals surface area contributed by atoms with E-state index in [0.717, 1.165) is 31.9 Å². The maximum absolute atomic E-state index is 4.64. The summed E-state index contributed by atoms with van der Waals surface area (Å²) < 4.78 is 2.11. The third-order valence-electron chi connectivity index (χ3n) is 4.72. The van der Waals surface area contributed by atoms with Gasteiger partial charge in [0.2, 0.25) is 0 Å². The highest BCUT2D eigenvalue weighted by Crippen LogP contribution is 2.27. The summed E-state index contributed by atoms with van der Waals surface area (Å²) in [5.41, 5.74) is 4.99. The Morgan fingerprint density at radius 1 is 1.27 bits per heavy atom. The number of aryl methyl sites for hydroxylation is 2. The summed E-state index contributed by atoms with van der Waals surface area (Å²) in [6.45, 7) is 10.6. The summed E-state index contributed by atoms with van der Waals surface area (Å²) >= 11 is 0. The SMILES string of the molecule is CCn1nc(C)c(CN2CCC[C@@H](c3cnccn3)C2)c1C. The fraction of sp³-hybridized carbons (Fsp3) is 0.588. The van der Waals surface area contributed by atoms with Crippen molar-refractivity contribution in [3.05, 3.63) is 41.2 Å². The molecule has 22 heavy (non-hydrogen) atoms. The van der Waals surface area contributed by atoms with Crippen molar-refractivity contribution in [1.82, 2.24) is 24.6 Å². The van der Waals surface area contributed by atoms with Crippen molar-refractivity contribution in [2.24, 2.45) is 0 Å². The van der Waals surface area contributed by atoms with E-state index in [-0.39, 0.29) is 0 Å². The van der Waals surface area contributed by atoms with Crippen molar-refractivity contribution in [2.45, 2.75) is 52.6 Å². The molecular weight excluding hydrogens is 274 g/mol. The molecule has 0 unspecified atom stereocenters. The number of hydrogen-bond acceptors (Lipinski definition) is 4. The van der Waals surface area contributed by atoms with E-state index in [0.29, 0.717) is 5.92 Å². The molecule has 0 saturated carbocycles. The second kappa shape index (κ2) is 6.57. The highest BCUT2D eigenvalue weighted by molar-refractivity contribution is 5.24. The Morgan fingerprint density at radius 3 is 2.82 bits per heavy atom. The minimum atomic E-state index is 0.504. The number of aromatic nitrogens is 4. The van der Waals surface area contributed by atoms with E-state index < -0.39 is 0 Å². The summed E-state index contributed by atoms with van der Waals surface area (Å²) in [7, 11) is 0. The van der Waals surface area contributed by atoms with Gasteiger partial charge in [0.15, 0.2) is 0 Å². The van der Waals surface area contributed by atoms with E-state index in [1.165, 1.54) is 29.8 Å². The average Bonchev–Trinajstić information content (AvgIpc) is 2.83. The van der Waals surface area contributed by atoms with Gasteiger partial charge in [0.25, 0.3) is 0 Å². The lowest BCUT2D eigenvalue weighted by Crippen LogP contribution is -2.34. The molecule has 0 bridgehead atoms. The van der Waals surface area contributed by atoms with E-state index in [1.807, 2.05) is 6.20 Å². The smallest absolute Gasteiger partial charge is 0.0641 e. The molecule has 5 heteroatoms. The van der Waals surface area contributed by atoms with Gasteiger partial charge in [-0.2, -0.15) is 5.10 Å². The van der Waals surface area contributed by atoms with Crippen LogP contribution in [0.25, 0.3) is 0 Å². The van der Waals surface area contributed by atoms with E-state index in [2.05, 4.69) is 45.4 Å². The first kappa shape index (κ1) is 15.2. The van der Waals surface area contributed by atoms with Crippen LogP contribution in [0.1, 0.15) is 48.3 Å². The highest BCUT2D eigenvalue weighted by Gasteiger charge is 2.24. The predicted molar refractivity (Wildman–Crippen MR) is 86.7 cm³/mol. The largest absolute Gasteiger partial charge is 0.298 e. The first-order chi connectivity index (χ1) is 10.7.